The molecule has 0 radical (unpaired) electrons. The highest BCUT2D eigenvalue weighted by atomic mass is 35.5. The highest BCUT2D eigenvalue weighted by Gasteiger charge is 2.33. The van der Waals surface area contributed by atoms with Crippen LogP contribution in [0.1, 0.15) is 22.1 Å². The van der Waals surface area contributed by atoms with Gasteiger partial charge in [-0.25, -0.2) is 0 Å². The Morgan fingerprint density at radius 1 is 1.08 bits per heavy atom. The van der Waals surface area contributed by atoms with Gasteiger partial charge in [-0.05, 0) is 36.8 Å². The Kier molecular flexibility index (Phi) is 3.45. The van der Waals surface area contributed by atoms with Gasteiger partial charge in [0.05, 0.1) is 10.3 Å². The first-order chi connectivity index (χ1) is 12.6. The van der Waals surface area contributed by atoms with Gasteiger partial charge in [0, 0.05) is 15.5 Å². The number of fused-ring (bicyclic) bond motifs is 4. The van der Waals surface area contributed by atoms with Crippen molar-refractivity contribution in [3.8, 4) is 16.4 Å². The highest BCUT2D eigenvalue weighted by molar-refractivity contribution is 7.15. The summed E-state index contributed by atoms with van der Waals surface area (Å²) in [6, 6.07) is 17.1. The first-order valence-electron chi connectivity index (χ1n) is 8.20. The Hall–Kier alpha value is -2.56. The van der Waals surface area contributed by atoms with Crippen LogP contribution in [-0.4, -0.2) is 0 Å². The van der Waals surface area contributed by atoms with Crippen LogP contribution in [0.15, 0.2) is 63.8 Å². The van der Waals surface area contributed by atoms with Gasteiger partial charge in [0.25, 0.3) is 0 Å². The van der Waals surface area contributed by atoms with Crippen LogP contribution in [0.3, 0.4) is 0 Å². The third kappa shape index (κ3) is 2.30. The molecule has 2 aromatic carbocycles. The molecule has 0 bridgehead atoms. The maximum Gasteiger partial charge on any atom is 0.235 e. The lowest BCUT2D eigenvalue weighted by Crippen LogP contribution is -2.19. The molecule has 0 saturated carbocycles. The molecule has 1 aliphatic heterocycles. The molecule has 3 nitrogen and oxygen atoms in total. The molecule has 2 aromatic heterocycles. The van der Waals surface area contributed by atoms with E-state index in [1.807, 2.05) is 37.3 Å². The molecule has 0 fully saturated rings. The first kappa shape index (κ1) is 15.7. The second kappa shape index (κ2) is 5.73. The van der Waals surface area contributed by atoms with Crippen LogP contribution in [0.2, 0.25) is 5.02 Å². The fraction of sp³-hybridized carbons (Fsp3) is 0.0952. The minimum Gasteiger partial charge on any atom is -0.473 e. The molecule has 1 unspecified atom stereocenters. The summed E-state index contributed by atoms with van der Waals surface area (Å²) in [6.07, 6.45) is -0.330. The Bertz CT molecular complexity index is 1210. The zero-order valence-electron chi connectivity index (χ0n) is 13.8. The van der Waals surface area contributed by atoms with Gasteiger partial charge in [0.2, 0.25) is 11.2 Å². The van der Waals surface area contributed by atoms with Gasteiger partial charge in [-0.3, -0.25) is 4.79 Å². The number of halogens is 1. The highest BCUT2D eigenvalue weighted by Crippen LogP contribution is 2.48. The molecule has 128 valence electrons. The number of aryl methyl sites for hydroxylation is 1. The fourth-order valence-electron chi connectivity index (χ4n) is 3.37. The minimum atomic E-state index is -0.330. The van der Waals surface area contributed by atoms with Gasteiger partial charge < -0.3 is 9.15 Å². The Labute approximate surface area is 158 Å². The van der Waals surface area contributed by atoms with Crippen LogP contribution in [0.4, 0.5) is 0 Å². The van der Waals surface area contributed by atoms with Gasteiger partial charge in [0.1, 0.15) is 5.58 Å². The van der Waals surface area contributed by atoms with E-state index in [0.29, 0.717) is 21.8 Å². The number of ether oxygens (including phenoxy) is 1. The van der Waals surface area contributed by atoms with Crippen molar-refractivity contribution in [2.45, 2.75) is 13.0 Å². The number of rotatable bonds is 1. The van der Waals surface area contributed by atoms with E-state index in [1.165, 1.54) is 0 Å². The zero-order valence-corrected chi connectivity index (χ0v) is 15.4. The van der Waals surface area contributed by atoms with Crippen LogP contribution >= 0.6 is 22.9 Å². The molecule has 1 aliphatic rings. The topological polar surface area (TPSA) is 39.4 Å². The normalized spacial score (nSPS) is 15.4. The van der Waals surface area contributed by atoms with Gasteiger partial charge in [0.15, 0.2) is 11.9 Å². The van der Waals surface area contributed by atoms with E-state index in [0.717, 1.165) is 20.9 Å². The van der Waals surface area contributed by atoms with E-state index >= 15 is 0 Å². The van der Waals surface area contributed by atoms with E-state index in [9.17, 15) is 4.79 Å². The van der Waals surface area contributed by atoms with Gasteiger partial charge >= 0.3 is 0 Å². The number of hydrogen-bond donors (Lipinski definition) is 0. The number of hydrogen-bond acceptors (Lipinski definition) is 4. The maximum absolute atomic E-state index is 13.1. The molecular formula is C21H13ClO3S. The van der Waals surface area contributed by atoms with Crippen LogP contribution in [0.5, 0.6) is 5.75 Å². The predicted molar refractivity (Wildman–Crippen MR) is 104 cm³/mol. The van der Waals surface area contributed by atoms with Crippen molar-refractivity contribution < 1.29 is 9.15 Å². The average Bonchev–Trinajstić information content (AvgIpc) is 3.04. The van der Waals surface area contributed by atoms with Crippen molar-refractivity contribution in [2.24, 2.45) is 0 Å². The molecule has 0 aliphatic carbocycles. The van der Waals surface area contributed by atoms with Gasteiger partial charge in [-0.15, -0.1) is 11.3 Å². The summed E-state index contributed by atoms with van der Waals surface area (Å²) in [5, 5.41) is 0.924. The quantitative estimate of drug-likeness (QED) is 0.408. The van der Waals surface area contributed by atoms with E-state index in [-0.39, 0.29) is 17.3 Å². The van der Waals surface area contributed by atoms with Gasteiger partial charge in [-0.2, -0.15) is 0 Å². The van der Waals surface area contributed by atoms with Crippen molar-refractivity contribution in [1.29, 1.82) is 0 Å². The lowest BCUT2D eigenvalue weighted by atomic mass is 9.98. The number of benzene rings is 2. The van der Waals surface area contributed by atoms with Gasteiger partial charge in [-0.1, -0.05) is 41.9 Å². The van der Waals surface area contributed by atoms with Crippen molar-refractivity contribution in [3.63, 3.8) is 0 Å². The van der Waals surface area contributed by atoms with Crippen LogP contribution in [0.25, 0.3) is 21.6 Å². The summed E-state index contributed by atoms with van der Waals surface area (Å²) >= 11 is 7.68. The molecule has 1 atom stereocenters. The minimum absolute atomic E-state index is 0.193. The molecule has 3 heterocycles. The third-order valence-corrected chi connectivity index (χ3v) is 5.82. The summed E-state index contributed by atoms with van der Waals surface area (Å²) in [4.78, 5) is 15.2. The first-order valence-corrected chi connectivity index (χ1v) is 9.40. The Morgan fingerprint density at radius 2 is 1.88 bits per heavy atom. The van der Waals surface area contributed by atoms with Crippen LogP contribution in [-0.2, 0) is 0 Å². The summed E-state index contributed by atoms with van der Waals surface area (Å²) in [7, 11) is 0. The standard InChI is InChI=1S/C21H13ClO3S/c1-11-9-15-18(12-5-3-2-4-6-12)25-19-17(23)14-10-13(22)7-8-16(14)24-20(19)21(15)26-11/h2-10,18H,1H3. The van der Waals surface area contributed by atoms with Crippen molar-refractivity contribution >= 4 is 33.9 Å². The monoisotopic (exact) mass is 380 g/mol. The molecule has 5 rings (SSSR count). The van der Waals surface area contributed by atoms with Crippen molar-refractivity contribution in [2.75, 3.05) is 0 Å². The summed E-state index contributed by atoms with van der Waals surface area (Å²) in [5.41, 5.74) is 2.35. The second-order valence-corrected chi connectivity index (χ2v) is 7.97. The summed E-state index contributed by atoms with van der Waals surface area (Å²) in [5.74, 6) is 0.757. The lowest BCUT2D eigenvalue weighted by Gasteiger charge is -2.25. The molecule has 0 saturated heterocycles. The van der Waals surface area contributed by atoms with Crippen LogP contribution in [0, 0.1) is 6.92 Å². The summed E-state index contributed by atoms with van der Waals surface area (Å²) in [6.45, 7) is 2.05. The zero-order chi connectivity index (χ0) is 17.8. The molecule has 0 N–H and O–H groups in total. The van der Waals surface area contributed by atoms with E-state index < -0.39 is 0 Å². The molecule has 0 amide bonds. The molecule has 5 heteroatoms. The molecule has 0 spiro atoms. The molecule has 4 aromatic rings. The van der Waals surface area contributed by atoms with E-state index in [1.54, 1.807) is 29.5 Å². The predicted octanol–water partition coefficient (Wildman–Crippen LogP) is 5.97. The number of thiophene rings is 1. The van der Waals surface area contributed by atoms with Crippen molar-refractivity contribution in [1.82, 2.24) is 0 Å². The third-order valence-electron chi connectivity index (χ3n) is 4.52. The molecule has 26 heavy (non-hydrogen) atoms. The largest absolute Gasteiger partial charge is 0.473 e. The second-order valence-electron chi connectivity index (χ2n) is 6.28. The Balaban J connectivity index is 1.82. The maximum atomic E-state index is 13.1. The van der Waals surface area contributed by atoms with Crippen molar-refractivity contribution in [3.05, 3.63) is 85.8 Å². The lowest BCUT2D eigenvalue weighted by molar-refractivity contribution is 0.235. The SMILES string of the molecule is Cc1cc2c(s1)-c1oc3ccc(Cl)cc3c(=O)c1OC2c1ccccc1. The molecular weight excluding hydrogens is 368 g/mol. The van der Waals surface area contributed by atoms with E-state index in [4.69, 9.17) is 20.8 Å². The fourth-order valence-corrected chi connectivity index (χ4v) is 4.56. The smallest absolute Gasteiger partial charge is 0.235 e. The van der Waals surface area contributed by atoms with E-state index in [2.05, 4.69) is 6.07 Å². The average molecular weight is 381 g/mol. The summed E-state index contributed by atoms with van der Waals surface area (Å²) < 4.78 is 12.3. The van der Waals surface area contributed by atoms with Crippen LogP contribution < -0.4 is 10.2 Å². The Morgan fingerprint density at radius 3 is 2.69 bits per heavy atom.